The minimum atomic E-state index is -0.109. The Balaban J connectivity index is 1.40. The summed E-state index contributed by atoms with van der Waals surface area (Å²) >= 11 is 0. The van der Waals surface area contributed by atoms with Crippen LogP contribution >= 0.6 is 0 Å². The number of imidazole rings is 2. The molecule has 8 nitrogen and oxygen atoms in total. The number of pyridine rings is 1. The van der Waals surface area contributed by atoms with Crippen LogP contribution in [0, 0.1) is 6.92 Å². The Morgan fingerprint density at radius 1 is 1.18 bits per heavy atom. The molecule has 8 heteroatoms. The van der Waals surface area contributed by atoms with Gasteiger partial charge in [0.1, 0.15) is 11.4 Å². The van der Waals surface area contributed by atoms with E-state index in [0.717, 1.165) is 41.2 Å². The maximum Gasteiger partial charge on any atom is 0.318 e. The number of hydrogen-bond acceptors (Lipinski definition) is 4. The molecule has 1 N–H and O–H groups in total. The van der Waals surface area contributed by atoms with Crippen LogP contribution in [0.3, 0.4) is 0 Å². The molecule has 3 aromatic heterocycles. The summed E-state index contributed by atoms with van der Waals surface area (Å²) in [6, 6.07) is 11.9. The second-order valence-electron chi connectivity index (χ2n) is 8.01. The Morgan fingerprint density at radius 2 is 2.03 bits per heavy atom. The van der Waals surface area contributed by atoms with Crippen LogP contribution in [0.25, 0.3) is 5.65 Å². The van der Waals surface area contributed by atoms with E-state index >= 15 is 0 Å². The lowest BCUT2D eigenvalue weighted by atomic mass is 10.2. The van der Waals surface area contributed by atoms with Crippen LogP contribution in [0.5, 0.6) is 5.75 Å². The van der Waals surface area contributed by atoms with Crippen molar-refractivity contribution >= 4 is 11.7 Å². The van der Waals surface area contributed by atoms with Crippen molar-refractivity contribution in [3.8, 4) is 5.75 Å². The Labute approximate surface area is 193 Å². The molecular formula is C25H30N6O2. The first kappa shape index (κ1) is 22.4. The van der Waals surface area contributed by atoms with Crippen LogP contribution in [-0.4, -0.2) is 43.0 Å². The third-order valence-electron chi connectivity index (χ3n) is 5.38. The van der Waals surface area contributed by atoms with Crippen LogP contribution in [0.2, 0.25) is 0 Å². The van der Waals surface area contributed by atoms with Gasteiger partial charge in [-0.2, -0.15) is 0 Å². The molecule has 172 valence electrons. The summed E-state index contributed by atoms with van der Waals surface area (Å²) in [6.45, 7) is 6.96. The van der Waals surface area contributed by atoms with Crippen molar-refractivity contribution in [3.05, 3.63) is 84.3 Å². The van der Waals surface area contributed by atoms with Crippen LogP contribution in [-0.2, 0) is 19.6 Å². The summed E-state index contributed by atoms with van der Waals surface area (Å²) in [6.07, 6.45) is 10.3. The summed E-state index contributed by atoms with van der Waals surface area (Å²) in [5.74, 6) is 0.833. The average Bonchev–Trinajstić information content (AvgIpc) is 3.47. The number of nitrogens with zero attached hydrogens (tertiary/aromatic N) is 5. The zero-order valence-electron chi connectivity index (χ0n) is 19.1. The number of aryl methyl sites for hydroxylation is 2. The van der Waals surface area contributed by atoms with E-state index in [1.54, 1.807) is 12.5 Å². The summed E-state index contributed by atoms with van der Waals surface area (Å²) in [4.78, 5) is 23.6. The van der Waals surface area contributed by atoms with E-state index in [1.165, 1.54) is 0 Å². The second-order valence-corrected chi connectivity index (χ2v) is 8.01. The molecule has 0 aliphatic rings. The van der Waals surface area contributed by atoms with E-state index in [-0.39, 0.29) is 6.03 Å². The maximum absolute atomic E-state index is 13.1. The number of rotatable bonds is 10. The molecule has 0 radical (unpaired) electrons. The summed E-state index contributed by atoms with van der Waals surface area (Å²) in [7, 11) is 0. The lowest BCUT2D eigenvalue weighted by Crippen LogP contribution is -2.40. The van der Waals surface area contributed by atoms with Crippen LogP contribution < -0.4 is 10.1 Å². The largest absolute Gasteiger partial charge is 0.494 e. The van der Waals surface area contributed by atoms with Crippen molar-refractivity contribution in [2.45, 2.75) is 39.9 Å². The molecule has 4 rings (SSSR count). The standard InChI is InChI=1S/C25H30N6O2/c1-3-33-23-7-5-21(6-8-23)17-31(12-4-11-29-14-10-26-19-29)25(32)27-16-22-18-30-13-9-20(2)15-24(30)28-22/h5-10,13-15,18-19H,3-4,11-12,16-17H2,1-2H3,(H,27,32). The van der Waals surface area contributed by atoms with Gasteiger partial charge in [0.25, 0.3) is 0 Å². The normalized spacial score (nSPS) is 11.0. The predicted octanol–water partition coefficient (Wildman–Crippen LogP) is 4.04. The molecule has 0 atom stereocenters. The lowest BCUT2D eigenvalue weighted by Gasteiger charge is -2.23. The lowest BCUT2D eigenvalue weighted by molar-refractivity contribution is 0.193. The van der Waals surface area contributed by atoms with Gasteiger partial charge in [-0.05, 0) is 55.7 Å². The number of carbonyl (C=O) groups is 1. The van der Waals surface area contributed by atoms with Gasteiger partial charge in [0.15, 0.2) is 0 Å². The Kier molecular flexibility index (Phi) is 7.24. The molecule has 0 fully saturated rings. The minimum absolute atomic E-state index is 0.109. The van der Waals surface area contributed by atoms with Gasteiger partial charge in [-0.25, -0.2) is 14.8 Å². The fourth-order valence-corrected chi connectivity index (χ4v) is 3.69. The van der Waals surface area contributed by atoms with Gasteiger partial charge in [0.2, 0.25) is 0 Å². The van der Waals surface area contributed by atoms with E-state index in [9.17, 15) is 4.79 Å². The monoisotopic (exact) mass is 446 g/mol. The Hall–Kier alpha value is -3.81. The molecule has 0 spiro atoms. The molecule has 0 saturated heterocycles. The molecule has 0 bridgehead atoms. The van der Waals surface area contributed by atoms with Crippen molar-refractivity contribution in [2.24, 2.45) is 0 Å². The van der Waals surface area contributed by atoms with E-state index in [1.807, 2.05) is 82.7 Å². The third-order valence-corrected chi connectivity index (χ3v) is 5.38. The highest BCUT2D eigenvalue weighted by Crippen LogP contribution is 2.14. The molecule has 33 heavy (non-hydrogen) atoms. The summed E-state index contributed by atoms with van der Waals surface area (Å²) < 4.78 is 9.52. The number of ether oxygens (including phenoxy) is 1. The van der Waals surface area contributed by atoms with Gasteiger partial charge in [-0.3, -0.25) is 0 Å². The van der Waals surface area contributed by atoms with Crippen molar-refractivity contribution in [1.29, 1.82) is 0 Å². The molecule has 0 saturated carbocycles. The smallest absolute Gasteiger partial charge is 0.318 e. The molecule has 0 unspecified atom stereocenters. The fourth-order valence-electron chi connectivity index (χ4n) is 3.69. The summed E-state index contributed by atoms with van der Waals surface area (Å²) in [5, 5.41) is 3.04. The molecule has 1 aromatic carbocycles. The van der Waals surface area contributed by atoms with Crippen molar-refractivity contribution in [3.63, 3.8) is 0 Å². The molecule has 2 amide bonds. The zero-order chi connectivity index (χ0) is 23.0. The van der Waals surface area contributed by atoms with Gasteiger partial charge in [-0.15, -0.1) is 0 Å². The van der Waals surface area contributed by atoms with Gasteiger partial charge < -0.3 is 23.9 Å². The zero-order valence-corrected chi connectivity index (χ0v) is 19.1. The Morgan fingerprint density at radius 3 is 2.79 bits per heavy atom. The highest BCUT2D eigenvalue weighted by molar-refractivity contribution is 5.74. The van der Waals surface area contributed by atoms with Gasteiger partial charge in [0.05, 0.1) is 25.2 Å². The van der Waals surface area contributed by atoms with E-state index in [0.29, 0.717) is 26.2 Å². The highest BCUT2D eigenvalue weighted by atomic mass is 16.5. The van der Waals surface area contributed by atoms with Gasteiger partial charge in [0, 0.05) is 44.4 Å². The quantitative estimate of drug-likeness (QED) is 0.399. The van der Waals surface area contributed by atoms with E-state index in [4.69, 9.17) is 4.74 Å². The van der Waals surface area contributed by atoms with Crippen LogP contribution in [0.1, 0.15) is 30.2 Å². The van der Waals surface area contributed by atoms with Crippen molar-refractivity contribution < 1.29 is 9.53 Å². The maximum atomic E-state index is 13.1. The number of carbonyl (C=O) groups excluding carboxylic acids is 1. The number of hydrogen-bond donors (Lipinski definition) is 1. The molecule has 0 aliphatic carbocycles. The van der Waals surface area contributed by atoms with Crippen LogP contribution in [0.4, 0.5) is 4.79 Å². The van der Waals surface area contributed by atoms with Gasteiger partial charge >= 0.3 is 6.03 Å². The number of fused-ring (bicyclic) bond motifs is 1. The number of aromatic nitrogens is 4. The first-order valence-corrected chi connectivity index (χ1v) is 11.2. The predicted molar refractivity (Wildman–Crippen MR) is 127 cm³/mol. The first-order valence-electron chi connectivity index (χ1n) is 11.2. The number of benzene rings is 1. The Bertz CT molecular complexity index is 1170. The third kappa shape index (κ3) is 6.12. The van der Waals surface area contributed by atoms with Gasteiger partial charge in [-0.1, -0.05) is 12.1 Å². The molecular weight excluding hydrogens is 416 g/mol. The number of urea groups is 1. The fraction of sp³-hybridized carbons (Fsp3) is 0.320. The minimum Gasteiger partial charge on any atom is -0.494 e. The van der Waals surface area contributed by atoms with E-state index in [2.05, 4.69) is 15.3 Å². The molecule has 4 aromatic rings. The first-order chi connectivity index (χ1) is 16.1. The van der Waals surface area contributed by atoms with Crippen LogP contribution in [0.15, 0.2) is 67.5 Å². The SMILES string of the molecule is CCOc1ccc(CN(CCCn2ccnc2)C(=O)NCc2cn3ccc(C)cc3n2)cc1. The molecule has 0 aliphatic heterocycles. The topological polar surface area (TPSA) is 76.7 Å². The second kappa shape index (κ2) is 10.7. The highest BCUT2D eigenvalue weighted by Gasteiger charge is 2.15. The van der Waals surface area contributed by atoms with Crippen molar-refractivity contribution in [2.75, 3.05) is 13.2 Å². The number of nitrogens with one attached hydrogen (secondary N) is 1. The van der Waals surface area contributed by atoms with Crippen molar-refractivity contribution in [1.82, 2.24) is 29.2 Å². The van der Waals surface area contributed by atoms with E-state index < -0.39 is 0 Å². The average molecular weight is 447 g/mol. The molecule has 3 heterocycles. The number of amides is 2. The summed E-state index contributed by atoms with van der Waals surface area (Å²) in [5.41, 5.74) is 3.92.